The molecule has 120 valence electrons. The van der Waals surface area contributed by atoms with E-state index < -0.39 is 0 Å². The molecule has 1 amide bonds. The number of hydrogen-bond donors (Lipinski definition) is 1. The lowest BCUT2D eigenvalue weighted by Gasteiger charge is -2.06. The van der Waals surface area contributed by atoms with Gasteiger partial charge < -0.3 is 10.1 Å². The molecule has 0 bridgehead atoms. The molecule has 0 radical (unpaired) electrons. The third-order valence-corrected chi connectivity index (χ3v) is 4.95. The molecular weight excluding hydrogens is 310 g/mol. The van der Waals surface area contributed by atoms with Crippen LogP contribution in [0.25, 0.3) is 0 Å². The van der Waals surface area contributed by atoms with E-state index in [0.717, 1.165) is 5.75 Å². The molecule has 23 heavy (non-hydrogen) atoms. The van der Waals surface area contributed by atoms with Crippen molar-refractivity contribution in [1.29, 1.82) is 0 Å². The average Bonchev–Trinajstić information content (AvgIpc) is 3.08. The van der Waals surface area contributed by atoms with Gasteiger partial charge in [-0.3, -0.25) is 4.79 Å². The Bertz CT molecular complexity index is 707. The minimum Gasteiger partial charge on any atom is -0.497 e. The number of carbonyl (C=O) groups is 1. The topological polar surface area (TPSA) is 38.3 Å². The third kappa shape index (κ3) is 3.06. The second-order valence-electron chi connectivity index (χ2n) is 6.53. The highest BCUT2D eigenvalue weighted by Crippen LogP contribution is 2.58. The third-order valence-electron chi connectivity index (χ3n) is 4.70. The smallest absolute Gasteiger partial charge is 0.251 e. The molecule has 3 rings (SSSR count). The maximum atomic E-state index is 12.4. The number of amides is 1. The zero-order valence-electron chi connectivity index (χ0n) is 13.5. The minimum absolute atomic E-state index is 0.0384. The first-order valence-corrected chi connectivity index (χ1v) is 8.01. The normalized spacial score (nSPS) is 21.6. The molecule has 2 aromatic carbocycles. The van der Waals surface area contributed by atoms with Crippen molar-refractivity contribution in [3.8, 4) is 5.75 Å². The number of halogens is 1. The van der Waals surface area contributed by atoms with Gasteiger partial charge in [0.25, 0.3) is 5.91 Å². The zero-order valence-corrected chi connectivity index (χ0v) is 14.2. The molecule has 2 atom stereocenters. The van der Waals surface area contributed by atoms with Crippen molar-refractivity contribution in [3.63, 3.8) is 0 Å². The molecule has 0 heterocycles. The van der Waals surface area contributed by atoms with Gasteiger partial charge in [0.2, 0.25) is 0 Å². The van der Waals surface area contributed by atoms with Gasteiger partial charge in [0.15, 0.2) is 0 Å². The van der Waals surface area contributed by atoms with Crippen LogP contribution in [0.5, 0.6) is 5.75 Å². The summed E-state index contributed by atoms with van der Waals surface area (Å²) in [5, 5.41) is 3.77. The maximum Gasteiger partial charge on any atom is 0.251 e. The molecule has 1 N–H and O–H groups in total. The van der Waals surface area contributed by atoms with Gasteiger partial charge in [0, 0.05) is 22.5 Å². The monoisotopic (exact) mass is 329 g/mol. The summed E-state index contributed by atoms with van der Waals surface area (Å²) in [4.78, 5) is 12.4. The SMILES string of the molecule is COc1ccc([C@@H]2[C@@H](NC(=O)c3ccc(Cl)cc3)C2(C)C)cc1. The molecule has 3 nitrogen and oxygen atoms in total. The number of benzene rings is 2. The van der Waals surface area contributed by atoms with E-state index >= 15 is 0 Å². The number of nitrogens with one attached hydrogen (secondary N) is 1. The summed E-state index contributed by atoms with van der Waals surface area (Å²) in [5.41, 5.74) is 1.89. The first-order chi connectivity index (χ1) is 10.9. The van der Waals surface area contributed by atoms with E-state index in [1.807, 2.05) is 12.1 Å². The summed E-state index contributed by atoms with van der Waals surface area (Å²) < 4.78 is 5.20. The van der Waals surface area contributed by atoms with Crippen LogP contribution in [0.2, 0.25) is 5.02 Å². The fourth-order valence-corrected chi connectivity index (χ4v) is 3.29. The van der Waals surface area contributed by atoms with Gasteiger partial charge in [-0.15, -0.1) is 0 Å². The fraction of sp³-hybridized carbons (Fsp3) is 0.316. The highest BCUT2D eigenvalue weighted by Gasteiger charge is 2.59. The van der Waals surface area contributed by atoms with Crippen LogP contribution in [0, 0.1) is 5.41 Å². The summed E-state index contributed by atoms with van der Waals surface area (Å²) in [7, 11) is 1.66. The van der Waals surface area contributed by atoms with Crippen LogP contribution in [0.3, 0.4) is 0 Å². The number of hydrogen-bond acceptors (Lipinski definition) is 2. The van der Waals surface area contributed by atoms with Crippen molar-refractivity contribution in [3.05, 3.63) is 64.7 Å². The zero-order chi connectivity index (χ0) is 16.6. The molecule has 0 aromatic heterocycles. The van der Waals surface area contributed by atoms with Crippen molar-refractivity contribution in [2.24, 2.45) is 5.41 Å². The van der Waals surface area contributed by atoms with Crippen molar-refractivity contribution >= 4 is 17.5 Å². The molecular formula is C19H20ClNO2. The molecule has 1 aliphatic rings. The lowest BCUT2D eigenvalue weighted by molar-refractivity contribution is 0.0946. The van der Waals surface area contributed by atoms with Crippen molar-refractivity contribution < 1.29 is 9.53 Å². The Morgan fingerprint density at radius 2 is 1.70 bits per heavy atom. The van der Waals surface area contributed by atoms with Crippen LogP contribution < -0.4 is 10.1 Å². The number of carbonyl (C=O) groups excluding carboxylic acids is 1. The molecule has 0 unspecified atom stereocenters. The fourth-order valence-electron chi connectivity index (χ4n) is 3.17. The van der Waals surface area contributed by atoms with Crippen LogP contribution >= 0.6 is 11.6 Å². The standard InChI is InChI=1S/C19H20ClNO2/c1-19(2)16(12-6-10-15(23-3)11-7-12)17(19)21-18(22)13-4-8-14(20)9-5-13/h4-11,16-17H,1-3H3,(H,21,22)/t16-,17-/m1/s1. The minimum atomic E-state index is -0.0595. The highest BCUT2D eigenvalue weighted by molar-refractivity contribution is 6.30. The van der Waals surface area contributed by atoms with E-state index in [1.54, 1.807) is 31.4 Å². The van der Waals surface area contributed by atoms with Gasteiger partial charge in [0.05, 0.1) is 7.11 Å². The van der Waals surface area contributed by atoms with Crippen LogP contribution in [-0.4, -0.2) is 19.1 Å². The van der Waals surface area contributed by atoms with Gasteiger partial charge in [-0.1, -0.05) is 37.6 Å². The van der Waals surface area contributed by atoms with Crippen LogP contribution in [0.1, 0.15) is 35.7 Å². The van der Waals surface area contributed by atoms with Crippen LogP contribution in [0.4, 0.5) is 0 Å². The van der Waals surface area contributed by atoms with E-state index in [-0.39, 0.29) is 17.4 Å². The molecule has 2 aromatic rings. The molecule has 1 saturated carbocycles. The molecule has 4 heteroatoms. The van der Waals surface area contributed by atoms with Crippen LogP contribution in [0.15, 0.2) is 48.5 Å². The first-order valence-electron chi connectivity index (χ1n) is 7.64. The van der Waals surface area contributed by atoms with E-state index in [1.165, 1.54) is 5.56 Å². The summed E-state index contributed by atoms with van der Waals surface area (Å²) >= 11 is 5.87. The van der Waals surface area contributed by atoms with Gasteiger partial charge in [-0.25, -0.2) is 0 Å². The molecule has 1 aliphatic carbocycles. The lowest BCUT2D eigenvalue weighted by Crippen LogP contribution is -2.28. The van der Waals surface area contributed by atoms with E-state index in [9.17, 15) is 4.79 Å². The number of ether oxygens (including phenoxy) is 1. The van der Waals surface area contributed by atoms with Crippen molar-refractivity contribution in [1.82, 2.24) is 5.32 Å². The van der Waals surface area contributed by atoms with Gasteiger partial charge in [-0.05, 0) is 47.4 Å². The largest absolute Gasteiger partial charge is 0.497 e. The Hall–Kier alpha value is -2.00. The Morgan fingerprint density at radius 1 is 1.09 bits per heavy atom. The maximum absolute atomic E-state index is 12.4. The van der Waals surface area contributed by atoms with Gasteiger partial charge in [-0.2, -0.15) is 0 Å². The number of rotatable bonds is 4. The van der Waals surface area contributed by atoms with Gasteiger partial charge >= 0.3 is 0 Å². The van der Waals surface area contributed by atoms with E-state index in [2.05, 4.69) is 31.3 Å². The highest BCUT2D eigenvalue weighted by atomic mass is 35.5. The summed E-state index contributed by atoms with van der Waals surface area (Å²) in [5.74, 6) is 1.09. The molecule has 0 saturated heterocycles. The van der Waals surface area contributed by atoms with Crippen molar-refractivity contribution in [2.45, 2.75) is 25.8 Å². The van der Waals surface area contributed by atoms with Crippen molar-refractivity contribution in [2.75, 3.05) is 7.11 Å². The van der Waals surface area contributed by atoms with Gasteiger partial charge in [0.1, 0.15) is 5.75 Å². The Morgan fingerprint density at radius 3 is 2.26 bits per heavy atom. The number of methoxy groups -OCH3 is 1. The lowest BCUT2D eigenvalue weighted by atomic mass is 10.0. The summed E-state index contributed by atoms with van der Waals surface area (Å²) in [6, 6.07) is 15.1. The van der Waals surface area contributed by atoms with E-state index in [4.69, 9.17) is 16.3 Å². The molecule has 0 aliphatic heterocycles. The quantitative estimate of drug-likeness (QED) is 0.909. The second-order valence-corrected chi connectivity index (χ2v) is 6.97. The first kappa shape index (κ1) is 15.9. The van der Waals surface area contributed by atoms with E-state index in [0.29, 0.717) is 16.5 Å². The Kier molecular flexibility index (Phi) is 4.07. The summed E-state index contributed by atoms with van der Waals surface area (Å²) in [6.07, 6.45) is 0. The Balaban J connectivity index is 1.72. The average molecular weight is 330 g/mol. The second kappa shape index (κ2) is 5.89. The molecule has 1 fully saturated rings. The van der Waals surface area contributed by atoms with Crippen LogP contribution in [-0.2, 0) is 0 Å². The molecule has 0 spiro atoms. The summed E-state index contributed by atoms with van der Waals surface area (Å²) in [6.45, 7) is 4.35. The Labute approximate surface area is 141 Å². The predicted octanol–water partition coefficient (Wildman–Crippen LogP) is 4.27. The predicted molar refractivity (Wildman–Crippen MR) is 92.2 cm³/mol.